The first-order valence-corrected chi connectivity index (χ1v) is 9.68. The fourth-order valence-corrected chi connectivity index (χ4v) is 3.46. The second kappa shape index (κ2) is 9.48. The summed E-state index contributed by atoms with van der Waals surface area (Å²) in [6.45, 7) is 4.44. The van der Waals surface area contributed by atoms with Gasteiger partial charge in [-0.2, -0.15) is 0 Å². The number of hydrogen-bond donors (Lipinski definition) is 1. The number of aryl methyl sites for hydroxylation is 1. The molecule has 0 spiro atoms. The van der Waals surface area contributed by atoms with Crippen molar-refractivity contribution in [2.75, 3.05) is 24.6 Å². The lowest BCUT2D eigenvalue weighted by atomic mass is 9.92. The second-order valence-corrected chi connectivity index (χ2v) is 7.31. The van der Waals surface area contributed by atoms with Gasteiger partial charge in [-0.15, -0.1) is 0 Å². The van der Waals surface area contributed by atoms with Gasteiger partial charge in [0.15, 0.2) is 0 Å². The number of aliphatic carboxylic acids is 1. The number of aromatic nitrogens is 2. The molecule has 0 atom stereocenters. The molecule has 150 valence electrons. The Morgan fingerprint density at radius 2 is 2.00 bits per heavy atom. The van der Waals surface area contributed by atoms with Crippen molar-refractivity contribution in [3.63, 3.8) is 0 Å². The summed E-state index contributed by atoms with van der Waals surface area (Å²) in [5, 5.41) is 8.74. The third-order valence-corrected chi connectivity index (χ3v) is 5.06. The number of carboxylic acids is 1. The molecule has 0 unspecified atom stereocenters. The van der Waals surface area contributed by atoms with E-state index in [1.54, 1.807) is 6.07 Å². The van der Waals surface area contributed by atoms with Crippen LogP contribution >= 0.6 is 0 Å². The zero-order valence-corrected chi connectivity index (χ0v) is 16.1. The van der Waals surface area contributed by atoms with Crippen LogP contribution in [0.2, 0.25) is 0 Å². The van der Waals surface area contributed by atoms with E-state index in [-0.39, 0.29) is 12.0 Å². The maximum absolute atomic E-state index is 13.9. The summed E-state index contributed by atoms with van der Waals surface area (Å²) in [5.74, 6) is 0.317. The van der Waals surface area contributed by atoms with Crippen LogP contribution in [0.5, 0.6) is 5.75 Å². The van der Waals surface area contributed by atoms with Crippen LogP contribution in [0.15, 0.2) is 30.6 Å². The second-order valence-electron chi connectivity index (χ2n) is 7.31. The Hall–Kier alpha value is -2.70. The minimum absolute atomic E-state index is 0.171. The van der Waals surface area contributed by atoms with Crippen LogP contribution in [-0.4, -0.2) is 40.7 Å². The Balaban J connectivity index is 1.36. The molecule has 3 rings (SSSR count). The molecule has 1 aromatic heterocycles. The van der Waals surface area contributed by atoms with E-state index >= 15 is 0 Å². The first-order valence-electron chi connectivity index (χ1n) is 9.68. The molecule has 0 amide bonds. The highest BCUT2D eigenvalue weighted by molar-refractivity contribution is 5.70. The summed E-state index contributed by atoms with van der Waals surface area (Å²) in [5.41, 5.74) is 1.24. The summed E-state index contributed by atoms with van der Waals surface area (Å²) >= 11 is 0. The van der Waals surface area contributed by atoms with Crippen LogP contribution in [0, 0.1) is 18.7 Å². The number of rotatable bonds is 8. The Morgan fingerprint density at radius 3 is 2.64 bits per heavy atom. The molecule has 2 aromatic rings. The quantitative estimate of drug-likeness (QED) is 0.697. The van der Waals surface area contributed by atoms with Crippen molar-refractivity contribution in [2.45, 2.75) is 39.0 Å². The normalized spacial score (nSPS) is 14.9. The predicted octanol–water partition coefficient (Wildman–Crippen LogP) is 3.63. The lowest BCUT2D eigenvalue weighted by molar-refractivity contribution is -0.136. The number of nitrogens with zero attached hydrogens (tertiary/aromatic N) is 3. The molecule has 0 bridgehead atoms. The molecule has 1 aliphatic rings. The molecule has 28 heavy (non-hydrogen) atoms. The molecule has 2 heterocycles. The highest BCUT2D eigenvalue weighted by Crippen LogP contribution is 2.24. The number of halogens is 1. The van der Waals surface area contributed by atoms with E-state index in [0.717, 1.165) is 50.3 Å². The third kappa shape index (κ3) is 5.65. The van der Waals surface area contributed by atoms with E-state index in [1.165, 1.54) is 12.1 Å². The largest absolute Gasteiger partial charge is 0.493 e. The van der Waals surface area contributed by atoms with E-state index < -0.39 is 11.8 Å². The van der Waals surface area contributed by atoms with E-state index in [1.807, 2.05) is 19.3 Å². The van der Waals surface area contributed by atoms with Crippen LogP contribution in [0.25, 0.3) is 0 Å². The number of hydrogen-bond acceptors (Lipinski definition) is 5. The van der Waals surface area contributed by atoms with E-state index in [0.29, 0.717) is 18.3 Å². The Labute approximate surface area is 164 Å². The van der Waals surface area contributed by atoms with Crippen molar-refractivity contribution < 1.29 is 19.0 Å². The fourth-order valence-electron chi connectivity index (χ4n) is 3.46. The maximum Gasteiger partial charge on any atom is 0.307 e. The van der Waals surface area contributed by atoms with Crippen LogP contribution in [0.3, 0.4) is 0 Å². The van der Waals surface area contributed by atoms with E-state index in [2.05, 4.69) is 14.9 Å². The predicted molar refractivity (Wildman–Crippen MR) is 104 cm³/mol. The number of ether oxygens (including phenoxy) is 1. The van der Waals surface area contributed by atoms with Crippen molar-refractivity contribution in [2.24, 2.45) is 5.92 Å². The standard InChI is InChI=1S/C21H26FN3O3/c1-15-13-23-21(24-14-15)25-8-6-16(7-9-25)3-2-10-28-18-5-4-17(11-20(26)27)19(22)12-18/h4-5,12-14,16H,2-3,6-11H2,1H3,(H,26,27). The zero-order valence-electron chi connectivity index (χ0n) is 16.1. The van der Waals surface area contributed by atoms with Crippen LogP contribution < -0.4 is 9.64 Å². The number of benzene rings is 1. The topological polar surface area (TPSA) is 75.6 Å². The molecule has 1 aromatic carbocycles. The van der Waals surface area contributed by atoms with Crippen LogP contribution in [0.1, 0.15) is 36.8 Å². The Kier molecular flexibility index (Phi) is 6.79. The van der Waals surface area contributed by atoms with Gasteiger partial charge in [-0.25, -0.2) is 14.4 Å². The van der Waals surface area contributed by atoms with E-state index in [9.17, 15) is 9.18 Å². The number of carboxylic acid groups (broad SMARTS) is 1. The molecule has 7 heteroatoms. The maximum atomic E-state index is 13.9. The molecule has 0 aliphatic carbocycles. The number of anilines is 1. The summed E-state index contributed by atoms with van der Waals surface area (Å²) in [7, 11) is 0. The molecule has 1 saturated heterocycles. The Morgan fingerprint density at radius 1 is 1.29 bits per heavy atom. The van der Waals surface area contributed by atoms with Crippen LogP contribution in [0.4, 0.5) is 10.3 Å². The summed E-state index contributed by atoms with van der Waals surface area (Å²) in [6.07, 6.45) is 7.57. The van der Waals surface area contributed by atoms with Gasteiger partial charge >= 0.3 is 5.97 Å². The summed E-state index contributed by atoms with van der Waals surface area (Å²) in [4.78, 5) is 21.7. The fraction of sp³-hybridized carbons (Fsp3) is 0.476. The minimum atomic E-state index is -1.05. The first kappa shape index (κ1) is 20.0. The minimum Gasteiger partial charge on any atom is -0.493 e. The molecule has 6 nitrogen and oxygen atoms in total. The van der Waals surface area contributed by atoms with Crippen molar-refractivity contribution in [3.05, 3.63) is 47.5 Å². The average Bonchev–Trinajstić information content (AvgIpc) is 2.68. The first-order chi connectivity index (χ1) is 13.5. The molecular formula is C21H26FN3O3. The van der Waals surface area contributed by atoms with E-state index in [4.69, 9.17) is 9.84 Å². The zero-order chi connectivity index (χ0) is 19.9. The molecule has 1 N–H and O–H groups in total. The van der Waals surface area contributed by atoms with Gasteiger partial charge in [-0.05, 0) is 55.7 Å². The highest BCUT2D eigenvalue weighted by Gasteiger charge is 2.20. The van der Waals surface area contributed by atoms with Gasteiger partial charge in [-0.3, -0.25) is 4.79 Å². The molecular weight excluding hydrogens is 361 g/mol. The van der Waals surface area contributed by atoms with Gasteiger partial charge in [-0.1, -0.05) is 6.07 Å². The van der Waals surface area contributed by atoms with Gasteiger partial charge in [0.25, 0.3) is 0 Å². The van der Waals surface area contributed by atoms with Gasteiger partial charge in [0.1, 0.15) is 11.6 Å². The Bertz CT molecular complexity index is 790. The SMILES string of the molecule is Cc1cnc(N2CCC(CCCOc3ccc(CC(=O)O)c(F)c3)CC2)nc1. The summed E-state index contributed by atoms with van der Waals surface area (Å²) in [6, 6.07) is 4.36. The van der Waals surface area contributed by atoms with Gasteiger partial charge in [0, 0.05) is 31.5 Å². The van der Waals surface area contributed by atoms with Gasteiger partial charge in [0.2, 0.25) is 5.95 Å². The van der Waals surface area contributed by atoms with Crippen molar-refractivity contribution in [3.8, 4) is 5.75 Å². The average molecular weight is 387 g/mol. The molecule has 0 radical (unpaired) electrons. The lowest BCUT2D eigenvalue weighted by Gasteiger charge is -2.32. The molecule has 1 fully saturated rings. The lowest BCUT2D eigenvalue weighted by Crippen LogP contribution is -2.34. The van der Waals surface area contributed by atoms with Crippen LogP contribution in [-0.2, 0) is 11.2 Å². The van der Waals surface area contributed by atoms with Crippen molar-refractivity contribution in [1.29, 1.82) is 0 Å². The highest BCUT2D eigenvalue weighted by atomic mass is 19.1. The smallest absolute Gasteiger partial charge is 0.307 e. The summed E-state index contributed by atoms with van der Waals surface area (Å²) < 4.78 is 19.5. The molecule has 1 aliphatic heterocycles. The number of piperidine rings is 1. The van der Waals surface area contributed by atoms with Gasteiger partial charge in [0.05, 0.1) is 13.0 Å². The monoisotopic (exact) mass is 387 g/mol. The number of carbonyl (C=O) groups is 1. The van der Waals surface area contributed by atoms with Gasteiger partial charge < -0.3 is 14.7 Å². The van der Waals surface area contributed by atoms with Crippen molar-refractivity contribution >= 4 is 11.9 Å². The third-order valence-electron chi connectivity index (χ3n) is 5.06. The van der Waals surface area contributed by atoms with Crippen molar-refractivity contribution in [1.82, 2.24) is 9.97 Å². The molecule has 0 saturated carbocycles.